The molecule has 3 aliphatic rings. The quantitative estimate of drug-likeness (QED) is 0.654. The molecule has 0 radical (unpaired) electrons. The molecule has 1 aromatic rings. The molecule has 1 unspecified atom stereocenters. The summed E-state index contributed by atoms with van der Waals surface area (Å²) in [6.45, 7) is 2.52. The van der Waals surface area contributed by atoms with Crippen molar-refractivity contribution in [2.24, 2.45) is 17.6 Å². The van der Waals surface area contributed by atoms with Crippen LogP contribution in [0, 0.1) is 23.5 Å². The fourth-order valence-corrected chi connectivity index (χ4v) is 6.70. The lowest BCUT2D eigenvalue weighted by molar-refractivity contribution is 0.0722. The molecule has 0 saturated carbocycles. The van der Waals surface area contributed by atoms with Crippen molar-refractivity contribution in [2.75, 3.05) is 40.9 Å². The number of carbonyl (C=O) groups excluding carboxylic acids is 2. The van der Waals surface area contributed by atoms with Crippen molar-refractivity contribution in [1.29, 1.82) is 0 Å². The molecule has 0 bridgehead atoms. The van der Waals surface area contributed by atoms with Crippen molar-refractivity contribution >= 4 is 33.4 Å². The molecule has 33 heavy (non-hydrogen) atoms. The highest BCUT2D eigenvalue weighted by molar-refractivity contribution is 7.92. The van der Waals surface area contributed by atoms with Gasteiger partial charge in [-0.1, -0.05) is 0 Å². The largest absolute Gasteiger partial charge is 0.447 e. The average molecular weight is 488 g/mol. The first-order chi connectivity index (χ1) is 15.5. The minimum absolute atomic E-state index is 0.0410. The second-order valence-corrected chi connectivity index (χ2v) is 11.2. The lowest BCUT2D eigenvalue weighted by Crippen LogP contribution is -2.46. The van der Waals surface area contributed by atoms with Crippen LogP contribution in [0.3, 0.4) is 0 Å². The lowest BCUT2D eigenvalue weighted by atomic mass is 9.86. The average Bonchev–Trinajstić information content (AvgIpc) is 3.05. The highest BCUT2D eigenvalue weighted by atomic mass is 32.2. The van der Waals surface area contributed by atoms with Crippen LogP contribution in [0.4, 0.5) is 29.7 Å². The van der Waals surface area contributed by atoms with E-state index in [4.69, 9.17) is 15.2 Å². The van der Waals surface area contributed by atoms with Gasteiger partial charge in [-0.2, -0.15) is 0 Å². The molecule has 3 fully saturated rings. The van der Waals surface area contributed by atoms with E-state index in [0.29, 0.717) is 25.9 Å². The monoisotopic (exact) mass is 487 g/mol. The van der Waals surface area contributed by atoms with Gasteiger partial charge in [0.2, 0.25) is 0 Å². The first-order valence-corrected chi connectivity index (χ1v) is 12.7. The predicted molar refractivity (Wildman–Crippen MR) is 116 cm³/mol. The molecule has 2 amide bonds. The summed E-state index contributed by atoms with van der Waals surface area (Å²) in [5.74, 6) is -0.773. The van der Waals surface area contributed by atoms with Gasteiger partial charge in [0.25, 0.3) is 0 Å². The summed E-state index contributed by atoms with van der Waals surface area (Å²) < 4.78 is 62.8. The molecule has 3 aliphatic heterocycles. The fourth-order valence-electron chi connectivity index (χ4n) is 4.95. The van der Waals surface area contributed by atoms with Gasteiger partial charge in [0.15, 0.2) is 21.5 Å². The zero-order chi connectivity index (χ0) is 23.9. The van der Waals surface area contributed by atoms with Crippen LogP contribution in [-0.4, -0.2) is 64.0 Å². The third-order valence-electron chi connectivity index (χ3n) is 6.56. The van der Waals surface area contributed by atoms with Crippen LogP contribution in [0.2, 0.25) is 0 Å². The van der Waals surface area contributed by atoms with Crippen LogP contribution in [-0.2, 0) is 19.3 Å². The summed E-state index contributed by atoms with van der Waals surface area (Å²) >= 11 is 0. The summed E-state index contributed by atoms with van der Waals surface area (Å²) in [5, 5.41) is 0. The van der Waals surface area contributed by atoms with Gasteiger partial charge >= 0.3 is 12.2 Å². The number of hydrogen-bond acceptors (Lipinski definition) is 7. The minimum Gasteiger partial charge on any atom is -0.447 e. The Kier molecular flexibility index (Phi) is 6.39. The molecule has 9 nitrogen and oxygen atoms in total. The van der Waals surface area contributed by atoms with Crippen molar-refractivity contribution in [1.82, 2.24) is 0 Å². The van der Waals surface area contributed by atoms with Crippen molar-refractivity contribution in [3.63, 3.8) is 0 Å². The first kappa shape index (κ1) is 23.5. The number of ether oxygens (including phenoxy) is 2. The van der Waals surface area contributed by atoms with Crippen LogP contribution in [0.15, 0.2) is 12.1 Å². The number of cyclic esters (lactones) is 1. The molecule has 0 aromatic heterocycles. The van der Waals surface area contributed by atoms with E-state index in [2.05, 4.69) is 0 Å². The number of nitrogens with zero attached hydrogens (tertiary/aromatic N) is 2. The Hall–Kier alpha value is -2.63. The number of primary amides is 1. The summed E-state index contributed by atoms with van der Waals surface area (Å²) in [6, 6.07) is 2.21. The van der Waals surface area contributed by atoms with E-state index in [1.807, 2.05) is 0 Å². The number of halogens is 2. The number of sulfone groups is 1. The van der Waals surface area contributed by atoms with Gasteiger partial charge in [-0.05, 0) is 31.6 Å². The number of carbonyl (C=O) groups is 2. The van der Waals surface area contributed by atoms with E-state index >= 15 is 0 Å². The topological polar surface area (TPSA) is 119 Å². The number of benzene rings is 1. The smallest absolute Gasteiger partial charge is 0.414 e. The van der Waals surface area contributed by atoms with E-state index in [1.165, 1.54) is 0 Å². The Balaban J connectivity index is 1.39. The van der Waals surface area contributed by atoms with Crippen LogP contribution in [0.25, 0.3) is 0 Å². The molecule has 2 atom stereocenters. The minimum atomic E-state index is -2.90. The maximum absolute atomic E-state index is 15.0. The SMILES string of the molecule is C[C@@H](CC1CN(c2cc(F)c(N3CCC(C4CS(=O)(=O)C4)CC3)c(F)c2)C(=O)O1)OC(N)=O. The predicted octanol–water partition coefficient (Wildman–Crippen LogP) is 2.42. The van der Waals surface area contributed by atoms with E-state index in [0.717, 1.165) is 17.0 Å². The second kappa shape index (κ2) is 8.96. The molecule has 3 heterocycles. The Labute approximate surface area is 190 Å². The molecule has 0 spiro atoms. The van der Waals surface area contributed by atoms with E-state index in [-0.39, 0.29) is 47.7 Å². The van der Waals surface area contributed by atoms with Gasteiger partial charge in [0.1, 0.15) is 17.9 Å². The second-order valence-electron chi connectivity index (χ2n) is 9.02. The standard InChI is InChI=1S/C21H27F2N3O6S/c1-12(31-20(24)27)6-16-9-26(21(28)32-16)15-7-17(22)19(18(23)8-15)25-4-2-13(3-5-25)14-10-33(29,30)11-14/h7-8,12-14,16H,2-6,9-11H2,1H3,(H2,24,27)/t12-,16?/m0/s1. The number of nitrogens with two attached hydrogens (primary N) is 1. The maximum Gasteiger partial charge on any atom is 0.414 e. The molecule has 182 valence electrons. The molecule has 2 N–H and O–H groups in total. The maximum atomic E-state index is 15.0. The third kappa shape index (κ3) is 5.15. The van der Waals surface area contributed by atoms with Crippen molar-refractivity contribution < 1.29 is 36.3 Å². The number of rotatable bonds is 6. The molecule has 12 heteroatoms. The van der Waals surface area contributed by atoms with E-state index in [1.54, 1.807) is 11.8 Å². The van der Waals surface area contributed by atoms with Crippen LogP contribution in [0.1, 0.15) is 26.2 Å². The number of anilines is 2. The lowest BCUT2D eigenvalue weighted by Gasteiger charge is -2.40. The number of amides is 2. The molecule has 3 saturated heterocycles. The fraction of sp³-hybridized carbons (Fsp3) is 0.619. The van der Waals surface area contributed by atoms with Crippen LogP contribution in [0.5, 0.6) is 0 Å². The number of hydrogen-bond donors (Lipinski definition) is 1. The normalized spacial score (nSPS) is 24.3. The summed E-state index contributed by atoms with van der Waals surface area (Å²) in [7, 11) is -2.90. The first-order valence-electron chi connectivity index (χ1n) is 10.9. The zero-order valence-electron chi connectivity index (χ0n) is 18.2. The van der Waals surface area contributed by atoms with Gasteiger partial charge < -0.3 is 20.1 Å². The van der Waals surface area contributed by atoms with Gasteiger partial charge in [-0.25, -0.2) is 26.8 Å². The Morgan fingerprint density at radius 3 is 2.36 bits per heavy atom. The van der Waals surface area contributed by atoms with Crippen molar-refractivity contribution in [3.8, 4) is 0 Å². The summed E-state index contributed by atoms with van der Waals surface area (Å²) in [4.78, 5) is 25.9. The highest BCUT2D eigenvalue weighted by Crippen LogP contribution is 2.37. The molecular formula is C21H27F2N3O6S. The number of piperidine rings is 1. The van der Waals surface area contributed by atoms with Crippen LogP contribution >= 0.6 is 0 Å². The van der Waals surface area contributed by atoms with Crippen LogP contribution < -0.4 is 15.5 Å². The highest BCUT2D eigenvalue weighted by Gasteiger charge is 2.40. The van der Waals surface area contributed by atoms with Gasteiger partial charge in [0.05, 0.1) is 23.7 Å². The third-order valence-corrected chi connectivity index (χ3v) is 8.43. The Morgan fingerprint density at radius 2 is 1.82 bits per heavy atom. The molecule has 4 rings (SSSR count). The van der Waals surface area contributed by atoms with E-state index in [9.17, 15) is 26.8 Å². The van der Waals surface area contributed by atoms with E-state index < -0.39 is 45.9 Å². The summed E-state index contributed by atoms with van der Waals surface area (Å²) in [5.41, 5.74) is 4.87. The van der Waals surface area contributed by atoms with Gasteiger partial charge in [0, 0.05) is 31.6 Å². The molecular weight excluding hydrogens is 460 g/mol. The Morgan fingerprint density at radius 1 is 1.21 bits per heavy atom. The molecule has 1 aromatic carbocycles. The van der Waals surface area contributed by atoms with Gasteiger partial charge in [-0.15, -0.1) is 0 Å². The van der Waals surface area contributed by atoms with Gasteiger partial charge in [-0.3, -0.25) is 4.90 Å². The summed E-state index contributed by atoms with van der Waals surface area (Å²) in [6.07, 6.45) is -1.34. The van der Waals surface area contributed by atoms with Crippen molar-refractivity contribution in [2.45, 2.75) is 38.4 Å². The molecule has 0 aliphatic carbocycles. The zero-order valence-corrected chi connectivity index (χ0v) is 19.0. The Bertz CT molecular complexity index is 1010. The van der Waals surface area contributed by atoms with Crippen molar-refractivity contribution in [3.05, 3.63) is 23.8 Å².